The van der Waals surface area contributed by atoms with Crippen molar-refractivity contribution in [1.29, 1.82) is 0 Å². The highest BCUT2D eigenvalue weighted by Gasteiger charge is 2.34. The van der Waals surface area contributed by atoms with Crippen LogP contribution in [0.25, 0.3) is 11.3 Å². The Hall–Kier alpha value is -2.93. The first kappa shape index (κ1) is 20.3. The van der Waals surface area contributed by atoms with Crippen molar-refractivity contribution >= 4 is 23.4 Å². The third-order valence-electron chi connectivity index (χ3n) is 5.12. The van der Waals surface area contributed by atoms with Crippen LogP contribution in [0.4, 0.5) is 5.69 Å². The van der Waals surface area contributed by atoms with E-state index >= 15 is 0 Å². The van der Waals surface area contributed by atoms with Crippen LogP contribution in [0.3, 0.4) is 0 Å². The van der Waals surface area contributed by atoms with Gasteiger partial charge in [0.15, 0.2) is 5.69 Å². The maximum absolute atomic E-state index is 12.8. The molecule has 4 rings (SSSR count). The summed E-state index contributed by atoms with van der Waals surface area (Å²) < 4.78 is 6.34. The fraction of sp³-hybridized carbons (Fsp3) is 0.304. The van der Waals surface area contributed by atoms with E-state index in [-0.39, 0.29) is 5.91 Å². The van der Waals surface area contributed by atoms with E-state index in [1.807, 2.05) is 42.7 Å². The van der Waals surface area contributed by atoms with Crippen molar-refractivity contribution in [2.75, 3.05) is 11.2 Å². The number of para-hydroxylation sites is 1. The van der Waals surface area contributed by atoms with Gasteiger partial charge < -0.3 is 4.74 Å². The van der Waals surface area contributed by atoms with E-state index in [0.29, 0.717) is 16.7 Å². The van der Waals surface area contributed by atoms with Gasteiger partial charge in [-0.3, -0.25) is 9.69 Å². The molecular formula is C23H24N4O2S. The van der Waals surface area contributed by atoms with Gasteiger partial charge in [0, 0.05) is 18.1 Å². The van der Waals surface area contributed by atoms with E-state index < -0.39 is 6.23 Å². The molecule has 3 aromatic rings. The monoisotopic (exact) mass is 420 g/mol. The molecule has 0 N–H and O–H groups in total. The lowest BCUT2D eigenvalue weighted by Gasteiger charge is -2.30. The number of aromatic nitrogens is 3. The van der Waals surface area contributed by atoms with Gasteiger partial charge in [0.1, 0.15) is 0 Å². The van der Waals surface area contributed by atoms with Gasteiger partial charge in [0.05, 0.1) is 5.69 Å². The zero-order valence-corrected chi connectivity index (χ0v) is 18.1. The van der Waals surface area contributed by atoms with Crippen LogP contribution >= 0.6 is 11.8 Å². The Balaban J connectivity index is 1.84. The molecular weight excluding hydrogens is 396 g/mol. The summed E-state index contributed by atoms with van der Waals surface area (Å²) >= 11 is 1.40. The number of unbranched alkanes of at least 4 members (excludes halogenated alkanes) is 1. The largest absolute Gasteiger partial charge is 0.447 e. The number of carbonyl (C=O) groups is 1. The summed E-state index contributed by atoms with van der Waals surface area (Å²) in [4.78, 5) is 19.0. The number of hydrogen-bond acceptors (Lipinski definition) is 6. The number of nitrogens with zero attached hydrogens (tertiary/aromatic N) is 4. The lowest BCUT2D eigenvalue weighted by atomic mass is 10.0. The van der Waals surface area contributed by atoms with Gasteiger partial charge >= 0.3 is 0 Å². The number of amides is 1. The van der Waals surface area contributed by atoms with Crippen LogP contribution in [0.1, 0.15) is 44.0 Å². The quantitative estimate of drug-likeness (QED) is 0.538. The summed E-state index contributed by atoms with van der Waals surface area (Å²) in [5, 5.41) is 9.07. The van der Waals surface area contributed by atoms with Crippen molar-refractivity contribution in [2.45, 2.75) is 44.5 Å². The molecule has 1 aliphatic heterocycles. The van der Waals surface area contributed by atoms with Crippen molar-refractivity contribution in [2.24, 2.45) is 0 Å². The zero-order valence-electron chi connectivity index (χ0n) is 17.3. The molecule has 0 bridgehead atoms. The number of fused-ring (bicyclic) bond motifs is 3. The molecule has 30 heavy (non-hydrogen) atoms. The molecule has 1 unspecified atom stereocenters. The van der Waals surface area contributed by atoms with Crippen molar-refractivity contribution in [3.63, 3.8) is 0 Å². The van der Waals surface area contributed by atoms with Crippen molar-refractivity contribution in [3.8, 4) is 17.1 Å². The molecule has 0 saturated heterocycles. The minimum atomic E-state index is -0.642. The van der Waals surface area contributed by atoms with E-state index in [1.165, 1.54) is 17.3 Å². The van der Waals surface area contributed by atoms with Crippen molar-refractivity contribution < 1.29 is 9.53 Å². The molecule has 1 aromatic heterocycles. The highest BCUT2D eigenvalue weighted by molar-refractivity contribution is 7.98. The van der Waals surface area contributed by atoms with E-state index in [4.69, 9.17) is 4.74 Å². The number of aryl methyl sites for hydroxylation is 1. The topological polar surface area (TPSA) is 68.2 Å². The fourth-order valence-corrected chi connectivity index (χ4v) is 3.88. The van der Waals surface area contributed by atoms with Crippen molar-refractivity contribution in [1.82, 2.24) is 15.2 Å². The number of hydrogen-bond donors (Lipinski definition) is 0. The first-order valence-corrected chi connectivity index (χ1v) is 11.3. The Bertz CT molecular complexity index is 1060. The number of carbonyl (C=O) groups excluding carboxylic acids is 1. The molecule has 0 saturated carbocycles. The van der Waals surface area contributed by atoms with Crippen LogP contribution in [0.2, 0.25) is 0 Å². The number of thioether (sulfide) groups is 1. The minimum Gasteiger partial charge on any atom is -0.447 e. The van der Waals surface area contributed by atoms with Gasteiger partial charge in [-0.15, -0.1) is 10.2 Å². The smallest absolute Gasteiger partial charge is 0.247 e. The molecule has 2 aromatic carbocycles. The predicted octanol–water partition coefficient (Wildman–Crippen LogP) is 5.05. The number of rotatable bonds is 5. The van der Waals surface area contributed by atoms with Gasteiger partial charge in [0.25, 0.3) is 0 Å². The van der Waals surface area contributed by atoms with Gasteiger partial charge in [-0.2, -0.15) is 4.98 Å². The second-order valence-electron chi connectivity index (χ2n) is 7.17. The third kappa shape index (κ3) is 3.89. The first-order chi connectivity index (χ1) is 14.6. The lowest BCUT2D eigenvalue weighted by Crippen LogP contribution is -2.36. The lowest BCUT2D eigenvalue weighted by molar-refractivity contribution is -0.118. The third-order valence-corrected chi connectivity index (χ3v) is 5.66. The summed E-state index contributed by atoms with van der Waals surface area (Å²) in [6.45, 7) is 3.73. The van der Waals surface area contributed by atoms with Crippen LogP contribution in [-0.2, 0) is 11.2 Å². The maximum atomic E-state index is 12.8. The number of benzene rings is 2. The Morgan fingerprint density at radius 1 is 1.13 bits per heavy atom. The van der Waals surface area contributed by atoms with Gasteiger partial charge in [0.2, 0.25) is 23.2 Å². The normalized spacial score (nSPS) is 15.0. The molecule has 2 heterocycles. The fourth-order valence-electron chi connectivity index (χ4n) is 3.59. The highest BCUT2D eigenvalue weighted by atomic mass is 32.2. The Kier molecular flexibility index (Phi) is 5.99. The Labute approximate surface area is 180 Å². The number of ether oxygens (including phenoxy) is 1. The highest BCUT2D eigenvalue weighted by Crippen LogP contribution is 2.43. The Morgan fingerprint density at radius 3 is 2.60 bits per heavy atom. The van der Waals surface area contributed by atoms with Crippen LogP contribution in [-0.4, -0.2) is 27.3 Å². The summed E-state index contributed by atoms with van der Waals surface area (Å²) in [5.74, 6) is 0.263. The average molecular weight is 421 g/mol. The minimum absolute atomic E-state index is 0.117. The first-order valence-electron chi connectivity index (χ1n) is 10.1. The van der Waals surface area contributed by atoms with Crippen LogP contribution < -0.4 is 9.64 Å². The van der Waals surface area contributed by atoms with Gasteiger partial charge in [-0.05, 0) is 30.7 Å². The van der Waals surface area contributed by atoms with E-state index in [1.54, 1.807) is 11.8 Å². The molecule has 0 fully saturated rings. The molecule has 7 heteroatoms. The molecule has 1 aliphatic rings. The summed E-state index contributed by atoms with van der Waals surface area (Å²) in [6, 6.07) is 15.9. The van der Waals surface area contributed by atoms with E-state index in [2.05, 4.69) is 34.2 Å². The predicted molar refractivity (Wildman–Crippen MR) is 119 cm³/mol. The van der Waals surface area contributed by atoms with Crippen molar-refractivity contribution in [3.05, 3.63) is 59.7 Å². The molecule has 0 radical (unpaired) electrons. The second-order valence-corrected chi connectivity index (χ2v) is 7.95. The molecule has 0 aliphatic carbocycles. The standard InChI is InChI=1S/C23H24N4O2S/c1-4-5-8-16-11-13-17(14-12-16)22-27(15(2)28)19-10-7-6-9-18(19)20-21(29-22)24-23(30-3)26-25-20/h6-7,9-14,22H,4-5,8H2,1-3H3. The summed E-state index contributed by atoms with van der Waals surface area (Å²) in [7, 11) is 0. The summed E-state index contributed by atoms with van der Waals surface area (Å²) in [5.41, 5.74) is 4.21. The van der Waals surface area contributed by atoms with Gasteiger partial charge in [-0.1, -0.05) is 67.6 Å². The zero-order chi connectivity index (χ0) is 21.1. The van der Waals surface area contributed by atoms with E-state index in [9.17, 15) is 4.79 Å². The maximum Gasteiger partial charge on any atom is 0.247 e. The second kappa shape index (κ2) is 8.83. The van der Waals surface area contributed by atoms with Crippen LogP contribution in [0.15, 0.2) is 53.7 Å². The number of anilines is 1. The molecule has 154 valence electrons. The molecule has 1 amide bonds. The molecule has 1 atom stereocenters. The SMILES string of the molecule is CCCCc1ccc(C2Oc3nc(SC)nnc3-c3ccccc3N2C(C)=O)cc1. The van der Waals surface area contributed by atoms with Crippen LogP contribution in [0, 0.1) is 0 Å². The molecule has 6 nitrogen and oxygen atoms in total. The average Bonchev–Trinajstić information content (AvgIpc) is 2.92. The van der Waals surface area contributed by atoms with Gasteiger partial charge in [-0.25, -0.2) is 0 Å². The molecule has 0 spiro atoms. The Morgan fingerprint density at radius 2 is 1.90 bits per heavy atom. The van der Waals surface area contributed by atoms with E-state index in [0.717, 1.165) is 36.1 Å². The van der Waals surface area contributed by atoms with Crippen LogP contribution in [0.5, 0.6) is 5.88 Å². The summed E-state index contributed by atoms with van der Waals surface area (Å²) in [6.07, 6.45) is 4.60.